The van der Waals surface area contributed by atoms with Gasteiger partial charge in [0.1, 0.15) is 28.6 Å². The minimum atomic E-state index is -1.45. The van der Waals surface area contributed by atoms with Gasteiger partial charge in [-0.25, -0.2) is 0 Å². The minimum absolute atomic E-state index is 0.00955. The molecule has 3 heterocycles. The first-order valence-corrected chi connectivity index (χ1v) is 11.6. The number of hydrogen-bond acceptors (Lipinski definition) is 5. The van der Waals surface area contributed by atoms with E-state index in [4.69, 9.17) is 10.5 Å². The lowest BCUT2D eigenvalue weighted by Gasteiger charge is -2.50. The van der Waals surface area contributed by atoms with E-state index in [1.54, 1.807) is 6.07 Å². The number of ether oxygens (including phenoxy) is 1. The van der Waals surface area contributed by atoms with E-state index in [1.165, 1.54) is 17.7 Å². The molecule has 0 saturated heterocycles. The molecule has 174 valence electrons. The summed E-state index contributed by atoms with van der Waals surface area (Å²) in [5, 5.41) is 20.4. The predicted octanol–water partition coefficient (Wildman–Crippen LogP) is 4.60. The minimum Gasteiger partial charge on any atom is -0.508 e. The van der Waals surface area contributed by atoms with Crippen LogP contribution in [0.3, 0.4) is 0 Å². The number of phenolic OH excluding ortho intramolecular Hbond substituents is 1. The second-order valence-corrected chi connectivity index (χ2v) is 10.4. The van der Waals surface area contributed by atoms with Crippen LogP contribution in [0.5, 0.6) is 11.5 Å². The summed E-state index contributed by atoms with van der Waals surface area (Å²) < 4.78 is 5.75. The molecule has 35 heavy (non-hydrogen) atoms. The van der Waals surface area contributed by atoms with E-state index < -0.39 is 11.0 Å². The number of nitrogens with two attached hydrogens (primary N) is 1. The van der Waals surface area contributed by atoms with Crippen LogP contribution in [-0.2, 0) is 15.6 Å². The molecule has 3 N–H and O–H groups in total. The molecule has 6 heteroatoms. The van der Waals surface area contributed by atoms with Crippen LogP contribution >= 0.6 is 0 Å². The third kappa shape index (κ3) is 2.45. The molecule has 6 rings (SSSR count). The number of anilines is 1. The molecule has 3 aromatic carbocycles. The molecule has 3 aliphatic rings. The Morgan fingerprint density at radius 2 is 1.71 bits per heavy atom. The third-order valence-electron chi connectivity index (χ3n) is 7.91. The number of aromatic hydroxyl groups is 1. The van der Waals surface area contributed by atoms with Gasteiger partial charge in [0.05, 0.1) is 5.69 Å². The molecule has 0 radical (unpaired) electrons. The van der Waals surface area contributed by atoms with Crippen molar-refractivity contribution in [2.24, 2.45) is 5.73 Å². The van der Waals surface area contributed by atoms with Crippen LogP contribution in [0.1, 0.15) is 49.4 Å². The molecule has 3 aromatic rings. The number of fused-ring (bicyclic) bond motifs is 3. The standard InChI is InChI=1S/C29H25N3O3/c1-27(2)16-28(3,17-8-5-4-6-9-17)20-10-7-11-21-24(20)32(27)26(34)29(21)19-13-12-18(33)14-23(19)35-25(31)22(29)15-30/h4-14,33H,16,31H2,1-3H3/t28-,29+/m0/s1. The van der Waals surface area contributed by atoms with Crippen LogP contribution in [-0.4, -0.2) is 16.6 Å². The second-order valence-electron chi connectivity index (χ2n) is 10.4. The molecular formula is C29H25N3O3. The van der Waals surface area contributed by atoms with Crippen molar-refractivity contribution in [2.75, 3.05) is 4.90 Å². The Bertz CT molecular complexity index is 1500. The van der Waals surface area contributed by atoms with E-state index in [0.717, 1.165) is 11.3 Å². The zero-order valence-electron chi connectivity index (χ0n) is 19.8. The van der Waals surface area contributed by atoms with Crippen molar-refractivity contribution in [1.29, 1.82) is 5.26 Å². The molecule has 3 aliphatic heterocycles. The van der Waals surface area contributed by atoms with Crippen LogP contribution in [0.4, 0.5) is 5.69 Å². The molecule has 0 aliphatic carbocycles. The van der Waals surface area contributed by atoms with Crippen molar-refractivity contribution in [1.82, 2.24) is 0 Å². The highest BCUT2D eigenvalue weighted by Crippen LogP contribution is 2.62. The number of carbonyl (C=O) groups is 1. The first-order valence-electron chi connectivity index (χ1n) is 11.6. The van der Waals surface area contributed by atoms with Gasteiger partial charge < -0.3 is 20.5 Å². The Hall–Kier alpha value is -4.24. The van der Waals surface area contributed by atoms with Gasteiger partial charge in [-0.1, -0.05) is 55.5 Å². The highest BCUT2D eigenvalue weighted by Gasteiger charge is 2.64. The molecule has 0 fully saturated rings. The Morgan fingerprint density at radius 1 is 1.00 bits per heavy atom. The van der Waals surface area contributed by atoms with Gasteiger partial charge >= 0.3 is 0 Å². The van der Waals surface area contributed by atoms with E-state index in [1.807, 2.05) is 35.2 Å². The number of para-hydroxylation sites is 1. The number of hydrogen-bond donors (Lipinski definition) is 2. The lowest BCUT2D eigenvalue weighted by Crippen LogP contribution is -2.57. The number of amides is 1. The molecule has 0 bridgehead atoms. The van der Waals surface area contributed by atoms with E-state index in [-0.39, 0.29) is 34.3 Å². The number of nitrogens with zero attached hydrogens (tertiary/aromatic N) is 2. The first kappa shape index (κ1) is 21.3. The maximum absolute atomic E-state index is 14.6. The van der Waals surface area contributed by atoms with Crippen LogP contribution in [0.25, 0.3) is 0 Å². The summed E-state index contributed by atoms with van der Waals surface area (Å²) in [7, 11) is 0. The number of rotatable bonds is 1. The lowest BCUT2D eigenvalue weighted by atomic mass is 9.64. The molecular weight excluding hydrogens is 438 g/mol. The number of phenols is 1. The molecule has 0 aromatic heterocycles. The predicted molar refractivity (Wildman–Crippen MR) is 132 cm³/mol. The molecule has 1 amide bonds. The quantitative estimate of drug-likeness (QED) is 0.550. The van der Waals surface area contributed by atoms with Gasteiger partial charge in [0.25, 0.3) is 0 Å². The third-order valence-corrected chi connectivity index (χ3v) is 7.91. The fourth-order valence-corrected chi connectivity index (χ4v) is 6.63. The first-order chi connectivity index (χ1) is 16.7. The van der Waals surface area contributed by atoms with Crippen molar-refractivity contribution in [3.63, 3.8) is 0 Å². The number of benzene rings is 3. The van der Waals surface area contributed by atoms with Gasteiger partial charge in [0.2, 0.25) is 11.8 Å². The van der Waals surface area contributed by atoms with Gasteiger partial charge in [0.15, 0.2) is 0 Å². The van der Waals surface area contributed by atoms with Gasteiger partial charge in [-0.3, -0.25) is 4.79 Å². The Morgan fingerprint density at radius 3 is 2.43 bits per heavy atom. The summed E-state index contributed by atoms with van der Waals surface area (Å²) in [4.78, 5) is 16.5. The summed E-state index contributed by atoms with van der Waals surface area (Å²) in [6, 6.07) is 23.1. The van der Waals surface area contributed by atoms with Crippen LogP contribution in [0.2, 0.25) is 0 Å². The summed E-state index contributed by atoms with van der Waals surface area (Å²) in [5.74, 6) is -0.0876. The normalized spacial score (nSPS) is 25.7. The Balaban J connectivity index is 1.75. The van der Waals surface area contributed by atoms with E-state index in [2.05, 4.69) is 45.0 Å². The molecule has 0 unspecified atom stereocenters. The van der Waals surface area contributed by atoms with Crippen molar-refractivity contribution in [3.8, 4) is 17.6 Å². The zero-order valence-corrected chi connectivity index (χ0v) is 19.8. The SMILES string of the molecule is CC1(C)C[C@@](C)(c2ccccc2)c2cccc3c2N1C(=O)[C@@]31C(C#N)=C(N)Oc2cc(O)ccc21. The van der Waals surface area contributed by atoms with Crippen molar-refractivity contribution in [2.45, 2.75) is 43.6 Å². The second kappa shape index (κ2) is 6.67. The summed E-state index contributed by atoms with van der Waals surface area (Å²) in [6.07, 6.45) is 0.697. The average Bonchev–Trinajstić information content (AvgIpc) is 3.08. The smallest absolute Gasteiger partial charge is 0.248 e. The fourth-order valence-electron chi connectivity index (χ4n) is 6.63. The van der Waals surface area contributed by atoms with Gasteiger partial charge in [-0.05, 0) is 43.5 Å². The van der Waals surface area contributed by atoms with Gasteiger partial charge in [-0.2, -0.15) is 5.26 Å². The zero-order chi connectivity index (χ0) is 24.8. The summed E-state index contributed by atoms with van der Waals surface area (Å²) >= 11 is 0. The van der Waals surface area contributed by atoms with Gasteiger partial charge in [0, 0.05) is 28.1 Å². The Labute approximate surface area is 203 Å². The fraction of sp³-hybridized carbons (Fsp3) is 0.241. The topological polar surface area (TPSA) is 99.6 Å². The molecule has 2 atom stereocenters. The van der Waals surface area contributed by atoms with E-state index in [9.17, 15) is 15.2 Å². The maximum Gasteiger partial charge on any atom is 0.248 e. The van der Waals surface area contributed by atoms with Crippen molar-refractivity contribution >= 4 is 11.6 Å². The molecule has 0 saturated carbocycles. The highest BCUT2D eigenvalue weighted by molar-refractivity contribution is 6.16. The monoisotopic (exact) mass is 463 g/mol. The molecule has 1 spiro atoms. The van der Waals surface area contributed by atoms with Gasteiger partial charge in [-0.15, -0.1) is 0 Å². The number of carbonyl (C=O) groups excluding carboxylic acids is 1. The average molecular weight is 464 g/mol. The number of nitriles is 1. The van der Waals surface area contributed by atoms with Crippen molar-refractivity contribution in [3.05, 3.63) is 100 Å². The largest absolute Gasteiger partial charge is 0.508 e. The van der Waals surface area contributed by atoms with E-state index in [0.29, 0.717) is 17.5 Å². The van der Waals surface area contributed by atoms with Crippen molar-refractivity contribution < 1.29 is 14.6 Å². The maximum atomic E-state index is 14.6. The van der Waals surface area contributed by atoms with Crippen LogP contribution < -0.4 is 15.4 Å². The summed E-state index contributed by atoms with van der Waals surface area (Å²) in [6.45, 7) is 6.36. The van der Waals surface area contributed by atoms with Crippen LogP contribution in [0.15, 0.2) is 78.2 Å². The van der Waals surface area contributed by atoms with Crippen LogP contribution in [0, 0.1) is 11.3 Å². The lowest BCUT2D eigenvalue weighted by molar-refractivity contribution is -0.122. The Kier molecular flexibility index (Phi) is 4.06. The molecule has 6 nitrogen and oxygen atoms in total. The van der Waals surface area contributed by atoms with E-state index >= 15 is 0 Å². The summed E-state index contributed by atoms with van der Waals surface area (Å²) in [5.41, 5.74) is 8.21. The highest BCUT2D eigenvalue weighted by atomic mass is 16.5.